The third kappa shape index (κ3) is 4.21. The van der Waals surface area contributed by atoms with Crippen LogP contribution >= 0.6 is 0 Å². The minimum Gasteiger partial charge on any atom is -0.267 e. The van der Waals surface area contributed by atoms with Crippen molar-refractivity contribution in [2.24, 2.45) is 5.10 Å². The first-order valence-corrected chi connectivity index (χ1v) is 8.15. The lowest BCUT2D eigenvalue weighted by Crippen LogP contribution is -2.21. The van der Waals surface area contributed by atoms with Gasteiger partial charge < -0.3 is 0 Å². The summed E-state index contributed by atoms with van der Waals surface area (Å²) in [5, 5.41) is 15.3. The fourth-order valence-corrected chi connectivity index (χ4v) is 2.51. The topological polar surface area (TPSA) is 97.5 Å². The molecule has 1 N–H and O–H groups in total. The Balaban J connectivity index is 1.92. The van der Waals surface area contributed by atoms with E-state index in [2.05, 4.69) is 15.5 Å². The molecule has 3 rings (SSSR count). The van der Waals surface area contributed by atoms with Gasteiger partial charge in [0.1, 0.15) is 0 Å². The Morgan fingerprint density at radius 3 is 2.44 bits per heavy atom. The maximum Gasteiger partial charge on any atom is 0.273 e. The molecule has 0 aliphatic carbocycles. The van der Waals surface area contributed by atoms with Gasteiger partial charge in [-0.15, -0.1) is 0 Å². The molecule has 0 spiro atoms. The quantitative estimate of drug-likeness (QED) is 0.428. The van der Waals surface area contributed by atoms with Crippen molar-refractivity contribution < 1.29 is 9.72 Å². The van der Waals surface area contributed by atoms with Crippen molar-refractivity contribution in [3.8, 4) is 0 Å². The lowest BCUT2D eigenvalue weighted by atomic mass is 10.0. The summed E-state index contributed by atoms with van der Waals surface area (Å²) < 4.78 is 0. The smallest absolute Gasteiger partial charge is 0.267 e. The zero-order chi connectivity index (χ0) is 19.2. The number of rotatable bonds is 5. The Hall–Kier alpha value is -3.87. The number of nitrogens with one attached hydrogen (secondary N) is 1. The first-order chi connectivity index (χ1) is 13.1. The van der Waals surface area contributed by atoms with E-state index in [0.717, 1.165) is 11.1 Å². The first-order valence-electron chi connectivity index (χ1n) is 8.15. The summed E-state index contributed by atoms with van der Waals surface area (Å²) in [5.74, 6) is -0.532. The second-order valence-electron chi connectivity index (χ2n) is 5.77. The molecular weight excluding hydrogens is 344 g/mol. The number of pyridine rings is 1. The van der Waals surface area contributed by atoms with Crippen molar-refractivity contribution in [3.63, 3.8) is 0 Å². The number of aromatic nitrogens is 1. The van der Waals surface area contributed by atoms with E-state index in [4.69, 9.17) is 0 Å². The molecule has 27 heavy (non-hydrogen) atoms. The number of hydrogen-bond acceptors (Lipinski definition) is 5. The molecule has 0 aliphatic rings. The second kappa shape index (κ2) is 8.01. The van der Waals surface area contributed by atoms with E-state index >= 15 is 0 Å². The van der Waals surface area contributed by atoms with Crippen LogP contribution in [0, 0.1) is 17.0 Å². The average Bonchev–Trinajstić information content (AvgIpc) is 2.70. The van der Waals surface area contributed by atoms with Gasteiger partial charge in [-0.1, -0.05) is 36.4 Å². The lowest BCUT2D eigenvalue weighted by Gasteiger charge is -2.08. The molecular formula is C20H16N4O3. The van der Waals surface area contributed by atoms with Gasteiger partial charge in [-0.3, -0.25) is 19.9 Å². The molecule has 1 amide bonds. The van der Waals surface area contributed by atoms with Gasteiger partial charge in [-0.2, -0.15) is 5.10 Å². The number of carbonyl (C=O) groups excluding carboxylic acids is 1. The zero-order valence-electron chi connectivity index (χ0n) is 14.5. The predicted molar refractivity (Wildman–Crippen MR) is 102 cm³/mol. The highest BCUT2D eigenvalue weighted by Gasteiger charge is 2.15. The number of benzene rings is 2. The summed E-state index contributed by atoms with van der Waals surface area (Å²) in [7, 11) is 0. The Kier molecular flexibility index (Phi) is 5.32. The van der Waals surface area contributed by atoms with Crippen LogP contribution in [0.4, 0.5) is 5.69 Å². The number of nitro groups is 1. The van der Waals surface area contributed by atoms with E-state index in [0.29, 0.717) is 11.3 Å². The fraction of sp³-hybridized carbons (Fsp3) is 0.0500. The minimum absolute atomic E-state index is 0.109. The van der Waals surface area contributed by atoms with E-state index in [9.17, 15) is 14.9 Å². The van der Waals surface area contributed by atoms with Crippen LogP contribution in [0.25, 0.3) is 0 Å². The Bertz CT molecular complexity index is 961. The van der Waals surface area contributed by atoms with E-state index in [1.54, 1.807) is 25.4 Å². The Morgan fingerprint density at radius 2 is 1.78 bits per heavy atom. The average molecular weight is 360 g/mol. The molecule has 2 aromatic carbocycles. The molecule has 0 saturated heterocycles. The summed E-state index contributed by atoms with van der Waals surface area (Å²) in [6, 6.07) is 17.3. The fourth-order valence-electron chi connectivity index (χ4n) is 2.51. The largest absolute Gasteiger partial charge is 0.273 e. The number of nitro benzene ring substituents is 1. The summed E-state index contributed by atoms with van der Waals surface area (Å²) in [6.45, 7) is 1.62. The van der Waals surface area contributed by atoms with E-state index < -0.39 is 10.8 Å². The highest BCUT2D eigenvalue weighted by atomic mass is 16.6. The summed E-state index contributed by atoms with van der Waals surface area (Å²) >= 11 is 0. The van der Waals surface area contributed by atoms with Gasteiger partial charge in [0.25, 0.3) is 11.6 Å². The molecule has 0 radical (unpaired) electrons. The van der Waals surface area contributed by atoms with Crippen LogP contribution in [0.1, 0.15) is 27.0 Å². The van der Waals surface area contributed by atoms with E-state index in [1.165, 1.54) is 18.2 Å². The maximum absolute atomic E-state index is 12.4. The van der Waals surface area contributed by atoms with Crippen molar-refractivity contribution in [1.29, 1.82) is 0 Å². The molecule has 0 atom stereocenters. The van der Waals surface area contributed by atoms with Crippen molar-refractivity contribution in [2.45, 2.75) is 6.92 Å². The molecule has 134 valence electrons. The van der Waals surface area contributed by atoms with E-state index in [1.807, 2.05) is 36.4 Å². The highest BCUT2D eigenvalue weighted by molar-refractivity contribution is 6.13. The maximum atomic E-state index is 12.4. The third-order valence-corrected chi connectivity index (χ3v) is 3.92. The Labute approximate surface area is 155 Å². The third-order valence-electron chi connectivity index (χ3n) is 3.92. The predicted octanol–water partition coefficient (Wildman–Crippen LogP) is 3.48. The number of hydrazone groups is 1. The molecule has 0 aliphatic heterocycles. The highest BCUT2D eigenvalue weighted by Crippen LogP contribution is 2.19. The van der Waals surface area contributed by atoms with Crippen LogP contribution in [0.3, 0.4) is 0 Å². The summed E-state index contributed by atoms with van der Waals surface area (Å²) in [6.07, 6.45) is 3.30. The number of aryl methyl sites for hydroxylation is 1. The molecule has 0 unspecified atom stereocenters. The number of amides is 1. The zero-order valence-corrected chi connectivity index (χ0v) is 14.5. The van der Waals surface area contributed by atoms with Gasteiger partial charge in [0.2, 0.25) is 0 Å². The van der Waals surface area contributed by atoms with Crippen molar-refractivity contribution in [2.75, 3.05) is 0 Å². The number of carbonyl (C=O) groups is 1. The normalized spacial score (nSPS) is 11.1. The number of nitrogens with zero attached hydrogens (tertiary/aromatic N) is 3. The van der Waals surface area contributed by atoms with Gasteiger partial charge in [0, 0.05) is 40.7 Å². The van der Waals surface area contributed by atoms with Crippen LogP contribution in [0.2, 0.25) is 0 Å². The molecule has 1 heterocycles. The van der Waals surface area contributed by atoms with Crippen LogP contribution in [-0.4, -0.2) is 21.5 Å². The molecule has 0 bridgehead atoms. The van der Waals surface area contributed by atoms with E-state index in [-0.39, 0.29) is 11.3 Å². The standard InChI is InChI=1S/C20H16N4O3/c1-14-9-10-16(12-18(14)24(26)27)20(25)23-22-19(15-6-3-2-4-7-15)17-8-5-11-21-13-17/h2-13H,1H3,(H,23,25). The molecule has 7 heteroatoms. The van der Waals surface area contributed by atoms with Gasteiger partial charge in [0.05, 0.1) is 10.6 Å². The van der Waals surface area contributed by atoms with Crippen LogP contribution in [-0.2, 0) is 0 Å². The number of hydrogen-bond donors (Lipinski definition) is 1. The summed E-state index contributed by atoms with van der Waals surface area (Å²) in [5.41, 5.74) is 5.10. The van der Waals surface area contributed by atoms with Crippen LogP contribution < -0.4 is 5.43 Å². The van der Waals surface area contributed by atoms with Gasteiger partial charge in [-0.25, -0.2) is 5.43 Å². The second-order valence-corrected chi connectivity index (χ2v) is 5.77. The van der Waals surface area contributed by atoms with Crippen molar-refractivity contribution in [3.05, 3.63) is 105 Å². The molecule has 3 aromatic rings. The van der Waals surface area contributed by atoms with Crippen molar-refractivity contribution in [1.82, 2.24) is 10.4 Å². The van der Waals surface area contributed by atoms with Gasteiger partial charge in [-0.05, 0) is 25.1 Å². The molecule has 7 nitrogen and oxygen atoms in total. The minimum atomic E-state index is -0.532. The molecule has 0 saturated carbocycles. The monoisotopic (exact) mass is 360 g/mol. The van der Waals surface area contributed by atoms with Gasteiger partial charge in [0.15, 0.2) is 0 Å². The van der Waals surface area contributed by atoms with Crippen LogP contribution in [0.5, 0.6) is 0 Å². The first kappa shape index (κ1) is 17.9. The lowest BCUT2D eigenvalue weighted by molar-refractivity contribution is -0.385. The Morgan fingerprint density at radius 1 is 1.04 bits per heavy atom. The SMILES string of the molecule is Cc1ccc(C(=O)NN=C(c2ccccc2)c2cccnc2)cc1[N+](=O)[O-]. The molecule has 0 fully saturated rings. The molecule has 1 aromatic heterocycles. The van der Waals surface area contributed by atoms with Gasteiger partial charge >= 0.3 is 0 Å². The van der Waals surface area contributed by atoms with Crippen molar-refractivity contribution >= 4 is 17.3 Å². The van der Waals surface area contributed by atoms with Crippen LogP contribution in [0.15, 0.2) is 78.2 Å². The summed E-state index contributed by atoms with van der Waals surface area (Å²) in [4.78, 5) is 27.1.